The maximum Gasteiger partial charge on any atom is 0.196 e. The quantitative estimate of drug-likeness (QED) is 0.716. The molecular weight excluding hydrogens is 174 g/mol. The highest BCUT2D eigenvalue weighted by molar-refractivity contribution is 5.68. The Labute approximate surface area is 85.5 Å². The molecule has 0 amide bonds. The van der Waals surface area contributed by atoms with Crippen LogP contribution < -0.4 is 4.74 Å². The summed E-state index contributed by atoms with van der Waals surface area (Å²) in [4.78, 5) is 0. The third-order valence-corrected chi connectivity index (χ3v) is 2.39. The zero-order valence-corrected chi connectivity index (χ0v) is 9.29. The van der Waals surface area contributed by atoms with Gasteiger partial charge in [-0.25, -0.2) is 0 Å². The number of nitrogens with zero attached hydrogens (tertiary/aromatic N) is 1. The molecule has 0 aliphatic heterocycles. The topological polar surface area (TPSA) is 14.2 Å². The summed E-state index contributed by atoms with van der Waals surface area (Å²) < 4.78 is 7.36. The number of allylic oxidation sites excluding steroid dienone is 1. The molecule has 0 fully saturated rings. The van der Waals surface area contributed by atoms with Crippen LogP contribution in [-0.2, 0) is 7.05 Å². The number of hydrogen-bond donors (Lipinski definition) is 0. The predicted octanol–water partition coefficient (Wildman–Crippen LogP) is 3.02. The van der Waals surface area contributed by atoms with Gasteiger partial charge in [0.05, 0.1) is 12.8 Å². The minimum absolute atomic E-state index is 0.896. The molecule has 0 aromatic carbocycles. The summed E-state index contributed by atoms with van der Waals surface area (Å²) in [5, 5.41) is 0. The summed E-state index contributed by atoms with van der Waals surface area (Å²) in [5.41, 5.74) is 3.41. The molecule has 76 valence electrons. The fourth-order valence-corrected chi connectivity index (χ4v) is 1.76. The van der Waals surface area contributed by atoms with Gasteiger partial charge in [0, 0.05) is 18.2 Å². The van der Waals surface area contributed by atoms with Crippen LogP contribution in [0.15, 0.2) is 12.7 Å². The second-order valence-corrected chi connectivity index (χ2v) is 3.20. The number of ether oxygens (including phenoxy) is 1. The zero-order valence-electron chi connectivity index (χ0n) is 9.29. The number of rotatable bonds is 3. The first-order valence-electron chi connectivity index (χ1n) is 4.65. The van der Waals surface area contributed by atoms with E-state index >= 15 is 0 Å². The van der Waals surface area contributed by atoms with E-state index in [9.17, 15) is 0 Å². The van der Waals surface area contributed by atoms with Crippen molar-refractivity contribution >= 4 is 12.2 Å². The van der Waals surface area contributed by atoms with Crippen molar-refractivity contribution in [3.8, 4) is 5.88 Å². The van der Waals surface area contributed by atoms with Crippen LogP contribution in [0.4, 0.5) is 0 Å². The summed E-state index contributed by atoms with van der Waals surface area (Å²) in [7, 11) is 3.68. The van der Waals surface area contributed by atoms with E-state index in [2.05, 4.69) is 12.7 Å². The molecule has 0 aliphatic carbocycles. The van der Waals surface area contributed by atoms with E-state index in [4.69, 9.17) is 4.74 Å². The molecule has 0 atom stereocenters. The summed E-state index contributed by atoms with van der Waals surface area (Å²) in [6.45, 7) is 7.87. The largest absolute Gasteiger partial charge is 0.482 e. The van der Waals surface area contributed by atoms with Gasteiger partial charge in [-0.15, -0.1) is 0 Å². The van der Waals surface area contributed by atoms with Crippen LogP contribution in [0, 0.1) is 6.92 Å². The minimum atomic E-state index is 0.896. The fraction of sp³-hybridized carbons (Fsp3) is 0.333. The maximum atomic E-state index is 5.33. The average Bonchev–Trinajstić information content (AvgIpc) is 2.39. The van der Waals surface area contributed by atoms with Crippen molar-refractivity contribution in [3.63, 3.8) is 0 Å². The Bertz CT molecular complexity index is 372. The SMILES string of the molecule is C=Cc1c(C)c(OC)n(C)c1/C=C\C. The summed E-state index contributed by atoms with van der Waals surface area (Å²) in [6, 6.07) is 0. The van der Waals surface area contributed by atoms with Crippen LogP contribution in [0.2, 0.25) is 0 Å². The number of aromatic nitrogens is 1. The van der Waals surface area contributed by atoms with E-state index in [1.165, 1.54) is 0 Å². The van der Waals surface area contributed by atoms with Crippen molar-refractivity contribution in [2.45, 2.75) is 13.8 Å². The first-order valence-corrected chi connectivity index (χ1v) is 4.65. The fourth-order valence-electron chi connectivity index (χ4n) is 1.76. The van der Waals surface area contributed by atoms with Crippen LogP contribution in [0.1, 0.15) is 23.7 Å². The third kappa shape index (κ3) is 1.48. The Hall–Kier alpha value is -1.44. The Morgan fingerprint density at radius 3 is 2.50 bits per heavy atom. The maximum absolute atomic E-state index is 5.33. The summed E-state index contributed by atoms with van der Waals surface area (Å²) in [5.74, 6) is 0.896. The zero-order chi connectivity index (χ0) is 10.7. The molecule has 0 spiro atoms. The van der Waals surface area contributed by atoms with Gasteiger partial charge >= 0.3 is 0 Å². The normalized spacial score (nSPS) is 10.9. The first kappa shape index (κ1) is 10.6. The molecule has 1 heterocycles. The van der Waals surface area contributed by atoms with Gasteiger partial charge in [0.15, 0.2) is 5.88 Å². The molecule has 1 aromatic rings. The lowest BCUT2D eigenvalue weighted by atomic mass is 10.1. The summed E-state index contributed by atoms with van der Waals surface area (Å²) >= 11 is 0. The van der Waals surface area contributed by atoms with Gasteiger partial charge in [-0.1, -0.05) is 18.7 Å². The Morgan fingerprint density at radius 2 is 2.07 bits per heavy atom. The van der Waals surface area contributed by atoms with Crippen molar-refractivity contribution in [3.05, 3.63) is 29.5 Å². The second-order valence-electron chi connectivity index (χ2n) is 3.20. The highest BCUT2D eigenvalue weighted by atomic mass is 16.5. The highest BCUT2D eigenvalue weighted by Gasteiger charge is 2.13. The van der Waals surface area contributed by atoms with Gasteiger partial charge in [0.2, 0.25) is 0 Å². The Morgan fingerprint density at radius 1 is 1.43 bits per heavy atom. The van der Waals surface area contributed by atoms with Crippen LogP contribution in [0.5, 0.6) is 5.88 Å². The Kier molecular flexibility index (Phi) is 3.18. The summed E-state index contributed by atoms with van der Waals surface area (Å²) in [6.07, 6.45) is 5.95. The van der Waals surface area contributed by atoms with Gasteiger partial charge in [-0.3, -0.25) is 0 Å². The molecular formula is C12H17NO. The lowest BCUT2D eigenvalue weighted by Gasteiger charge is -2.03. The molecule has 0 radical (unpaired) electrons. The number of hydrogen-bond acceptors (Lipinski definition) is 1. The van der Waals surface area contributed by atoms with Crippen molar-refractivity contribution < 1.29 is 4.74 Å². The molecule has 2 nitrogen and oxygen atoms in total. The molecule has 0 saturated heterocycles. The smallest absolute Gasteiger partial charge is 0.196 e. The van der Waals surface area contributed by atoms with Crippen LogP contribution >= 0.6 is 0 Å². The highest BCUT2D eigenvalue weighted by Crippen LogP contribution is 2.29. The molecule has 0 unspecified atom stereocenters. The molecule has 1 aromatic heterocycles. The third-order valence-electron chi connectivity index (χ3n) is 2.39. The lowest BCUT2D eigenvalue weighted by molar-refractivity contribution is 0.379. The predicted molar refractivity (Wildman–Crippen MR) is 61.5 cm³/mol. The Balaban J connectivity index is 3.46. The van der Waals surface area contributed by atoms with E-state index in [1.807, 2.05) is 37.6 Å². The van der Waals surface area contributed by atoms with Gasteiger partial charge in [0.25, 0.3) is 0 Å². The van der Waals surface area contributed by atoms with Gasteiger partial charge in [0.1, 0.15) is 0 Å². The first-order chi connectivity index (χ1) is 6.67. The van der Waals surface area contributed by atoms with Crippen molar-refractivity contribution in [2.75, 3.05) is 7.11 Å². The molecule has 0 aliphatic rings. The molecule has 1 rings (SSSR count). The van der Waals surface area contributed by atoms with Crippen molar-refractivity contribution in [1.29, 1.82) is 0 Å². The molecule has 2 heteroatoms. The van der Waals surface area contributed by atoms with Crippen molar-refractivity contribution in [2.24, 2.45) is 7.05 Å². The minimum Gasteiger partial charge on any atom is -0.482 e. The van der Waals surface area contributed by atoms with Gasteiger partial charge in [-0.05, 0) is 19.9 Å². The van der Waals surface area contributed by atoms with E-state index in [0.29, 0.717) is 0 Å². The number of methoxy groups -OCH3 is 1. The van der Waals surface area contributed by atoms with E-state index in [-0.39, 0.29) is 0 Å². The van der Waals surface area contributed by atoms with E-state index < -0.39 is 0 Å². The van der Waals surface area contributed by atoms with Crippen LogP contribution in [0.3, 0.4) is 0 Å². The lowest BCUT2D eigenvalue weighted by Crippen LogP contribution is -1.95. The van der Waals surface area contributed by atoms with Crippen LogP contribution in [-0.4, -0.2) is 11.7 Å². The van der Waals surface area contributed by atoms with Crippen LogP contribution in [0.25, 0.3) is 12.2 Å². The molecule has 0 saturated carbocycles. The van der Waals surface area contributed by atoms with Crippen molar-refractivity contribution in [1.82, 2.24) is 4.57 Å². The molecule has 0 bridgehead atoms. The molecule has 0 N–H and O–H groups in total. The van der Waals surface area contributed by atoms with Gasteiger partial charge in [-0.2, -0.15) is 0 Å². The monoisotopic (exact) mass is 191 g/mol. The standard InChI is InChI=1S/C12H17NO/c1-6-8-11-10(7-2)9(3)12(14-5)13(11)4/h6-8H,2H2,1,3-5H3/b8-6-. The van der Waals surface area contributed by atoms with Gasteiger partial charge < -0.3 is 9.30 Å². The van der Waals surface area contributed by atoms with E-state index in [0.717, 1.165) is 22.7 Å². The van der Waals surface area contributed by atoms with E-state index in [1.54, 1.807) is 7.11 Å². The second kappa shape index (κ2) is 4.18. The molecule has 14 heavy (non-hydrogen) atoms. The average molecular weight is 191 g/mol.